The minimum Gasteiger partial charge on any atom is -0.367 e. The number of halogens is 2. The second-order valence-corrected chi connectivity index (χ2v) is 7.17. The lowest BCUT2D eigenvalue weighted by atomic mass is 9.87. The molecule has 6 heteroatoms. The van der Waals surface area contributed by atoms with Crippen molar-refractivity contribution in [3.8, 4) is 0 Å². The lowest BCUT2D eigenvalue weighted by molar-refractivity contribution is -0.152. The van der Waals surface area contributed by atoms with Gasteiger partial charge >= 0.3 is 0 Å². The summed E-state index contributed by atoms with van der Waals surface area (Å²) in [6.07, 6.45) is -1.42. The molecular weight excluding hydrogens is 350 g/mol. The van der Waals surface area contributed by atoms with E-state index >= 15 is 0 Å². The molecule has 1 fully saturated rings. The van der Waals surface area contributed by atoms with E-state index in [0.29, 0.717) is 13.0 Å². The Bertz CT molecular complexity index is 827. The average Bonchev–Trinajstić information content (AvgIpc) is 2.69. The van der Waals surface area contributed by atoms with Crippen molar-refractivity contribution in [2.45, 2.75) is 37.2 Å². The van der Waals surface area contributed by atoms with Crippen LogP contribution in [0.1, 0.15) is 29.2 Å². The standard InChI is InChI=1S/C21H22F2N2O2/c22-15-7-5-14(6-8-15)20-16-4-2-1-3-13(16)9-10-25(20)21(26)19-11-17(23)18(24)12-27-19/h1-8,17-20H,9-12,24H2/t17-,18+,19+,20+/m1/s1. The van der Waals surface area contributed by atoms with E-state index in [4.69, 9.17) is 10.5 Å². The Morgan fingerprint density at radius 3 is 2.63 bits per heavy atom. The number of benzene rings is 2. The number of carbonyl (C=O) groups is 1. The van der Waals surface area contributed by atoms with Crippen molar-refractivity contribution in [1.29, 1.82) is 0 Å². The van der Waals surface area contributed by atoms with E-state index < -0.39 is 18.3 Å². The van der Waals surface area contributed by atoms with Crippen LogP contribution in [-0.4, -0.2) is 42.3 Å². The molecule has 27 heavy (non-hydrogen) atoms. The highest BCUT2D eigenvalue weighted by Gasteiger charge is 2.39. The van der Waals surface area contributed by atoms with Crippen LogP contribution in [0.5, 0.6) is 0 Å². The Hall–Kier alpha value is -2.31. The second-order valence-electron chi connectivity index (χ2n) is 7.17. The van der Waals surface area contributed by atoms with Gasteiger partial charge in [0.2, 0.25) is 0 Å². The van der Waals surface area contributed by atoms with Gasteiger partial charge in [0.15, 0.2) is 0 Å². The van der Waals surface area contributed by atoms with Crippen molar-refractivity contribution in [2.24, 2.45) is 5.73 Å². The van der Waals surface area contributed by atoms with Gasteiger partial charge in [0, 0.05) is 13.0 Å². The number of hydrogen-bond acceptors (Lipinski definition) is 3. The number of rotatable bonds is 2. The number of hydrogen-bond donors (Lipinski definition) is 1. The molecule has 142 valence electrons. The zero-order valence-electron chi connectivity index (χ0n) is 14.9. The van der Waals surface area contributed by atoms with Crippen molar-refractivity contribution in [2.75, 3.05) is 13.2 Å². The van der Waals surface area contributed by atoms with Gasteiger partial charge in [0.1, 0.15) is 18.1 Å². The summed E-state index contributed by atoms with van der Waals surface area (Å²) < 4.78 is 33.0. The number of alkyl halides is 1. The van der Waals surface area contributed by atoms with E-state index in [9.17, 15) is 13.6 Å². The third-order valence-corrected chi connectivity index (χ3v) is 5.42. The Morgan fingerprint density at radius 2 is 1.89 bits per heavy atom. The maximum absolute atomic E-state index is 14.0. The van der Waals surface area contributed by atoms with Crippen LogP contribution in [-0.2, 0) is 16.0 Å². The van der Waals surface area contributed by atoms with Crippen molar-refractivity contribution in [3.05, 3.63) is 71.0 Å². The predicted octanol–water partition coefficient (Wildman–Crippen LogP) is 2.75. The van der Waals surface area contributed by atoms with E-state index in [2.05, 4.69) is 0 Å². The molecule has 2 aromatic carbocycles. The quantitative estimate of drug-likeness (QED) is 0.882. The van der Waals surface area contributed by atoms with Crippen LogP contribution in [0.2, 0.25) is 0 Å². The highest BCUT2D eigenvalue weighted by atomic mass is 19.1. The summed E-state index contributed by atoms with van der Waals surface area (Å²) in [4.78, 5) is 14.9. The van der Waals surface area contributed by atoms with Crippen molar-refractivity contribution < 1.29 is 18.3 Å². The normalized spacial score (nSPS) is 27.9. The van der Waals surface area contributed by atoms with E-state index in [-0.39, 0.29) is 30.8 Å². The minimum absolute atomic E-state index is 0.0310. The van der Waals surface area contributed by atoms with Gasteiger partial charge in [-0.2, -0.15) is 0 Å². The minimum atomic E-state index is -1.26. The van der Waals surface area contributed by atoms with Crippen molar-refractivity contribution >= 4 is 5.91 Å². The van der Waals surface area contributed by atoms with Crippen LogP contribution < -0.4 is 5.73 Å². The van der Waals surface area contributed by atoms with E-state index in [1.165, 1.54) is 12.1 Å². The first-order valence-electron chi connectivity index (χ1n) is 9.19. The van der Waals surface area contributed by atoms with Crippen LogP contribution in [0.3, 0.4) is 0 Å². The number of nitrogens with two attached hydrogens (primary N) is 1. The average molecular weight is 372 g/mol. The SMILES string of the molecule is N[C@H]1CO[C@H](C(=O)N2CCc3ccccc3[C@@H]2c2ccc(F)cc2)C[C@H]1F. The summed E-state index contributed by atoms with van der Waals surface area (Å²) in [5.74, 6) is -0.570. The molecule has 2 N–H and O–H groups in total. The maximum Gasteiger partial charge on any atom is 0.252 e. The van der Waals surface area contributed by atoms with Gasteiger partial charge in [-0.05, 0) is 35.2 Å². The number of ether oxygens (including phenoxy) is 1. The third kappa shape index (κ3) is 3.47. The largest absolute Gasteiger partial charge is 0.367 e. The molecule has 4 rings (SSSR count). The highest BCUT2D eigenvalue weighted by molar-refractivity contribution is 5.82. The Labute approximate surface area is 156 Å². The highest BCUT2D eigenvalue weighted by Crippen LogP contribution is 2.36. The second kappa shape index (κ2) is 7.37. The summed E-state index contributed by atoms with van der Waals surface area (Å²) in [6, 6.07) is 13.1. The van der Waals surface area contributed by atoms with E-state index in [0.717, 1.165) is 16.7 Å². The first kappa shape index (κ1) is 18.1. The lowest BCUT2D eigenvalue weighted by Crippen LogP contribution is -2.52. The monoisotopic (exact) mass is 372 g/mol. The molecule has 0 aromatic heterocycles. The topological polar surface area (TPSA) is 55.6 Å². The van der Waals surface area contributed by atoms with Gasteiger partial charge in [-0.25, -0.2) is 8.78 Å². The number of amides is 1. The fraction of sp³-hybridized carbons (Fsp3) is 0.381. The van der Waals surface area contributed by atoms with Crippen molar-refractivity contribution in [1.82, 2.24) is 4.90 Å². The lowest BCUT2D eigenvalue weighted by Gasteiger charge is -2.40. The fourth-order valence-corrected chi connectivity index (χ4v) is 3.94. The van der Waals surface area contributed by atoms with Crippen LogP contribution in [0.15, 0.2) is 48.5 Å². The van der Waals surface area contributed by atoms with Gasteiger partial charge in [0.05, 0.1) is 18.7 Å². The molecule has 4 atom stereocenters. The third-order valence-electron chi connectivity index (χ3n) is 5.42. The summed E-state index contributed by atoms with van der Waals surface area (Å²) in [6.45, 7) is 0.532. The molecule has 0 saturated carbocycles. The molecule has 1 amide bonds. The first-order valence-corrected chi connectivity index (χ1v) is 9.19. The zero-order valence-corrected chi connectivity index (χ0v) is 14.9. The molecule has 0 unspecified atom stereocenters. The zero-order chi connectivity index (χ0) is 19.0. The molecule has 0 aliphatic carbocycles. The molecule has 0 radical (unpaired) electrons. The molecule has 2 aromatic rings. The molecule has 2 aliphatic heterocycles. The molecule has 2 heterocycles. The number of carbonyl (C=O) groups excluding carboxylic acids is 1. The number of nitrogens with zero attached hydrogens (tertiary/aromatic N) is 1. The molecule has 1 saturated heterocycles. The Kier molecular flexibility index (Phi) is 4.93. The van der Waals surface area contributed by atoms with Gasteiger partial charge < -0.3 is 15.4 Å². The van der Waals surface area contributed by atoms with Gasteiger partial charge in [-0.1, -0.05) is 36.4 Å². The van der Waals surface area contributed by atoms with Crippen LogP contribution in [0.25, 0.3) is 0 Å². The van der Waals surface area contributed by atoms with Gasteiger partial charge in [-0.3, -0.25) is 4.79 Å². The van der Waals surface area contributed by atoms with Gasteiger partial charge in [-0.15, -0.1) is 0 Å². The van der Waals surface area contributed by atoms with Crippen LogP contribution in [0.4, 0.5) is 8.78 Å². The smallest absolute Gasteiger partial charge is 0.252 e. The number of fused-ring (bicyclic) bond motifs is 1. The Morgan fingerprint density at radius 1 is 1.15 bits per heavy atom. The van der Waals surface area contributed by atoms with E-state index in [1.54, 1.807) is 17.0 Å². The van der Waals surface area contributed by atoms with Crippen LogP contribution in [0, 0.1) is 5.82 Å². The molecule has 0 spiro atoms. The summed E-state index contributed by atoms with van der Waals surface area (Å²) >= 11 is 0. The first-order chi connectivity index (χ1) is 13.0. The molecular formula is C21H22F2N2O2. The summed E-state index contributed by atoms with van der Waals surface area (Å²) in [5.41, 5.74) is 8.64. The van der Waals surface area contributed by atoms with Gasteiger partial charge in [0.25, 0.3) is 5.91 Å². The molecule has 4 nitrogen and oxygen atoms in total. The Balaban J connectivity index is 1.68. The summed E-state index contributed by atoms with van der Waals surface area (Å²) in [5, 5.41) is 0. The molecule has 2 aliphatic rings. The predicted molar refractivity (Wildman–Crippen MR) is 97.3 cm³/mol. The van der Waals surface area contributed by atoms with Crippen molar-refractivity contribution in [3.63, 3.8) is 0 Å². The fourth-order valence-electron chi connectivity index (χ4n) is 3.94. The van der Waals surface area contributed by atoms with Crippen LogP contribution >= 0.6 is 0 Å². The van der Waals surface area contributed by atoms with E-state index in [1.807, 2.05) is 24.3 Å². The molecule has 0 bridgehead atoms. The summed E-state index contributed by atoms with van der Waals surface area (Å²) in [7, 11) is 0. The maximum atomic E-state index is 14.0.